The number of rotatable bonds is 7. The predicted octanol–water partition coefficient (Wildman–Crippen LogP) is 3.47. The molecule has 1 aromatic carbocycles. The second kappa shape index (κ2) is 9.15. The molecule has 0 spiro atoms. The van der Waals surface area contributed by atoms with Crippen LogP contribution in [0.15, 0.2) is 47.1 Å². The molecule has 33 heavy (non-hydrogen) atoms. The quantitative estimate of drug-likeness (QED) is 0.430. The molecule has 0 amide bonds. The van der Waals surface area contributed by atoms with Crippen molar-refractivity contribution in [2.45, 2.75) is 33.1 Å². The van der Waals surface area contributed by atoms with Crippen LogP contribution in [0.4, 0.5) is 5.82 Å². The number of morpholine rings is 1. The zero-order chi connectivity index (χ0) is 22.8. The fourth-order valence-corrected chi connectivity index (χ4v) is 4.14. The van der Waals surface area contributed by atoms with Crippen LogP contribution in [-0.2, 0) is 28.8 Å². The Bertz CT molecular complexity index is 1260. The SMILES string of the molecule is CC(=O)Cc1nn(-c2ccc(C)cc2)c2nc(CCc3ccco3)nc(N3CCOCC3)c12. The van der Waals surface area contributed by atoms with Gasteiger partial charge in [0.1, 0.15) is 23.2 Å². The minimum absolute atomic E-state index is 0.0558. The van der Waals surface area contributed by atoms with E-state index in [-0.39, 0.29) is 12.2 Å². The zero-order valence-corrected chi connectivity index (χ0v) is 19.0. The van der Waals surface area contributed by atoms with Crippen molar-refractivity contribution in [3.8, 4) is 5.69 Å². The number of benzene rings is 1. The van der Waals surface area contributed by atoms with Crippen LogP contribution >= 0.6 is 0 Å². The number of Topliss-reactive ketones (excluding diaryl/α,β-unsaturated/α-hetero) is 1. The average molecular weight is 446 g/mol. The molecule has 0 unspecified atom stereocenters. The number of aryl methyl sites for hydroxylation is 3. The predicted molar refractivity (Wildman–Crippen MR) is 125 cm³/mol. The molecule has 1 saturated heterocycles. The number of hydrogen-bond donors (Lipinski definition) is 0. The van der Waals surface area contributed by atoms with Gasteiger partial charge in [0, 0.05) is 25.9 Å². The highest BCUT2D eigenvalue weighted by molar-refractivity contribution is 5.94. The summed E-state index contributed by atoms with van der Waals surface area (Å²) in [5.41, 5.74) is 3.50. The molecule has 0 radical (unpaired) electrons. The molecule has 170 valence electrons. The molecule has 3 aromatic heterocycles. The van der Waals surface area contributed by atoms with Gasteiger partial charge in [-0.15, -0.1) is 0 Å². The lowest BCUT2D eigenvalue weighted by molar-refractivity contribution is -0.116. The second-order valence-corrected chi connectivity index (χ2v) is 8.41. The van der Waals surface area contributed by atoms with E-state index in [0.29, 0.717) is 31.7 Å². The van der Waals surface area contributed by atoms with Gasteiger partial charge in [0.25, 0.3) is 0 Å². The van der Waals surface area contributed by atoms with E-state index in [9.17, 15) is 4.79 Å². The van der Waals surface area contributed by atoms with Crippen molar-refractivity contribution in [2.75, 3.05) is 31.2 Å². The summed E-state index contributed by atoms with van der Waals surface area (Å²) in [7, 11) is 0. The molecule has 4 aromatic rings. The van der Waals surface area contributed by atoms with Crippen LogP contribution in [0.1, 0.15) is 29.8 Å². The molecule has 0 bridgehead atoms. The summed E-state index contributed by atoms with van der Waals surface area (Å²) in [6.07, 6.45) is 3.27. The van der Waals surface area contributed by atoms with Crippen LogP contribution in [0.5, 0.6) is 0 Å². The monoisotopic (exact) mass is 445 g/mol. The van der Waals surface area contributed by atoms with E-state index in [1.54, 1.807) is 13.2 Å². The maximum Gasteiger partial charge on any atom is 0.169 e. The van der Waals surface area contributed by atoms with Crippen LogP contribution in [0.2, 0.25) is 0 Å². The maximum atomic E-state index is 12.1. The second-order valence-electron chi connectivity index (χ2n) is 8.41. The fourth-order valence-electron chi connectivity index (χ4n) is 4.14. The van der Waals surface area contributed by atoms with Gasteiger partial charge in [-0.2, -0.15) is 5.10 Å². The van der Waals surface area contributed by atoms with Gasteiger partial charge in [-0.1, -0.05) is 17.7 Å². The molecule has 0 saturated carbocycles. The first-order valence-electron chi connectivity index (χ1n) is 11.3. The number of ether oxygens (including phenoxy) is 1. The highest BCUT2D eigenvalue weighted by Gasteiger charge is 2.25. The largest absolute Gasteiger partial charge is 0.469 e. The standard InChI is InChI=1S/C25H27N5O3/c1-17-5-7-19(8-6-17)30-25-23(21(28-30)16-18(2)31)24(29-11-14-32-15-12-29)26-22(27-25)10-9-20-4-3-13-33-20/h3-8,13H,9-12,14-16H2,1-2H3. The molecular formula is C25H27N5O3. The van der Waals surface area contributed by atoms with Crippen molar-refractivity contribution in [2.24, 2.45) is 0 Å². The first-order chi connectivity index (χ1) is 16.1. The number of furan rings is 1. The summed E-state index contributed by atoms with van der Waals surface area (Å²) < 4.78 is 12.9. The molecule has 1 aliphatic rings. The molecule has 0 N–H and O–H groups in total. The average Bonchev–Trinajstić information content (AvgIpc) is 3.46. The third-order valence-electron chi connectivity index (χ3n) is 5.81. The summed E-state index contributed by atoms with van der Waals surface area (Å²) in [5.74, 6) is 2.51. The van der Waals surface area contributed by atoms with E-state index < -0.39 is 0 Å². The Kier molecular flexibility index (Phi) is 5.92. The van der Waals surface area contributed by atoms with Crippen molar-refractivity contribution < 1.29 is 13.9 Å². The van der Waals surface area contributed by atoms with Crippen LogP contribution in [0.25, 0.3) is 16.7 Å². The van der Waals surface area contributed by atoms with Crippen LogP contribution in [-0.4, -0.2) is 51.8 Å². The van der Waals surface area contributed by atoms with Gasteiger partial charge in [0.05, 0.1) is 42.7 Å². The van der Waals surface area contributed by atoms with Gasteiger partial charge in [-0.05, 0) is 38.1 Å². The Morgan fingerprint density at radius 2 is 1.85 bits per heavy atom. The lowest BCUT2D eigenvalue weighted by Gasteiger charge is -2.28. The van der Waals surface area contributed by atoms with Crippen molar-refractivity contribution in [1.29, 1.82) is 0 Å². The van der Waals surface area contributed by atoms with E-state index in [2.05, 4.69) is 24.0 Å². The number of ketones is 1. The number of carbonyl (C=O) groups excluding carboxylic acids is 1. The number of aromatic nitrogens is 4. The van der Waals surface area contributed by atoms with Gasteiger partial charge < -0.3 is 14.1 Å². The lowest BCUT2D eigenvalue weighted by atomic mass is 10.1. The first kappa shape index (κ1) is 21.3. The molecule has 4 heterocycles. The van der Waals surface area contributed by atoms with Crippen molar-refractivity contribution in [3.63, 3.8) is 0 Å². The number of fused-ring (bicyclic) bond motifs is 1. The van der Waals surface area contributed by atoms with E-state index in [0.717, 1.165) is 47.2 Å². The van der Waals surface area contributed by atoms with Crippen molar-refractivity contribution in [1.82, 2.24) is 19.7 Å². The van der Waals surface area contributed by atoms with E-state index in [1.165, 1.54) is 5.56 Å². The Morgan fingerprint density at radius 3 is 2.55 bits per heavy atom. The van der Waals surface area contributed by atoms with Crippen LogP contribution < -0.4 is 4.90 Å². The van der Waals surface area contributed by atoms with E-state index in [1.807, 2.05) is 28.9 Å². The molecule has 8 nitrogen and oxygen atoms in total. The molecule has 0 atom stereocenters. The topological polar surface area (TPSA) is 86.3 Å². The third kappa shape index (κ3) is 4.52. The Balaban J connectivity index is 1.67. The maximum absolute atomic E-state index is 12.1. The van der Waals surface area contributed by atoms with Crippen molar-refractivity contribution >= 4 is 22.6 Å². The highest BCUT2D eigenvalue weighted by Crippen LogP contribution is 2.31. The lowest BCUT2D eigenvalue weighted by Crippen LogP contribution is -2.37. The minimum Gasteiger partial charge on any atom is -0.469 e. The van der Waals surface area contributed by atoms with Crippen molar-refractivity contribution in [3.05, 3.63) is 65.5 Å². The van der Waals surface area contributed by atoms with Gasteiger partial charge in [-0.25, -0.2) is 14.6 Å². The highest BCUT2D eigenvalue weighted by atomic mass is 16.5. The van der Waals surface area contributed by atoms with Gasteiger partial charge in [0.15, 0.2) is 5.65 Å². The smallest absolute Gasteiger partial charge is 0.169 e. The molecule has 5 rings (SSSR count). The summed E-state index contributed by atoms with van der Waals surface area (Å²) in [6.45, 7) is 6.39. The molecule has 1 aliphatic heterocycles. The molecule has 8 heteroatoms. The van der Waals surface area contributed by atoms with E-state index >= 15 is 0 Å². The van der Waals surface area contributed by atoms with Crippen LogP contribution in [0, 0.1) is 6.92 Å². The Labute approximate surface area is 192 Å². The number of nitrogens with zero attached hydrogens (tertiary/aromatic N) is 5. The zero-order valence-electron chi connectivity index (χ0n) is 19.0. The van der Waals surface area contributed by atoms with Gasteiger partial charge in [0.2, 0.25) is 0 Å². The molecular weight excluding hydrogens is 418 g/mol. The first-order valence-corrected chi connectivity index (χ1v) is 11.3. The molecule has 1 fully saturated rings. The number of anilines is 1. The molecule has 0 aliphatic carbocycles. The normalized spacial score (nSPS) is 14.2. The van der Waals surface area contributed by atoms with Crippen LogP contribution in [0.3, 0.4) is 0 Å². The number of hydrogen-bond acceptors (Lipinski definition) is 7. The minimum atomic E-state index is 0.0558. The number of carbonyl (C=O) groups is 1. The Morgan fingerprint density at radius 1 is 1.06 bits per heavy atom. The van der Waals surface area contributed by atoms with Gasteiger partial charge in [-0.3, -0.25) is 4.79 Å². The fraction of sp³-hybridized carbons (Fsp3) is 0.360. The summed E-state index contributed by atoms with van der Waals surface area (Å²) in [4.78, 5) is 24.2. The van der Waals surface area contributed by atoms with Gasteiger partial charge >= 0.3 is 0 Å². The summed E-state index contributed by atoms with van der Waals surface area (Å²) in [5, 5.41) is 5.69. The van der Waals surface area contributed by atoms with E-state index in [4.69, 9.17) is 24.2 Å². The Hall–Kier alpha value is -3.52. The summed E-state index contributed by atoms with van der Waals surface area (Å²) >= 11 is 0. The summed E-state index contributed by atoms with van der Waals surface area (Å²) in [6, 6.07) is 12.0. The third-order valence-corrected chi connectivity index (χ3v) is 5.81.